The Bertz CT molecular complexity index is 2200. The van der Waals surface area contributed by atoms with Crippen molar-refractivity contribution in [1.82, 2.24) is 15.0 Å². The van der Waals surface area contributed by atoms with Gasteiger partial charge >= 0.3 is 0 Å². The Morgan fingerprint density at radius 2 is 0.576 bits per heavy atom. The predicted molar refractivity (Wildman–Crippen MR) is 289 cm³/mol. The highest BCUT2D eigenvalue weighted by Crippen LogP contribution is 2.29. The molecule has 0 saturated carbocycles. The Labute approximate surface area is 402 Å². The molecule has 3 heteroatoms. The first-order valence-corrected chi connectivity index (χ1v) is 23.7. The van der Waals surface area contributed by atoms with Gasteiger partial charge in [0.05, 0.1) is 11.4 Å². The highest BCUT2D eigenvalue weighted by molar-refractivity contribution is 5.63. The van der Waals surface area contributed by atoms with Crippen molar-refractivity contribution in [3.63, 3.8) is 0 Å². The van der Waals surface area contributed by atoms with Crippen LogP contribution in [0.5, 0.6) is 0 Å². The van der Waals surface area contributed by atoms with Crippen LogP contribution in [0.2, 0.25) is 0 Å². The maximum absolute atomic E-state index is 4.45. The largest absolute Gasteiger partial charge is 0.264 e. The summed E-state index contributed by atoms with van der Waals surface area (Å²) in [5.41, 5.74) is 14.0. The third-order valence-corrected chi connectivity index (χ3v) is 11.2. The van der Waals surface area contributed by atoms with Crippen molar-refractivity contribution in [3.8, 4) is 22.5 Å². The molecular formula is C63H83N3. The average molecular weight is 882 g/mol. The second-order valence-electron chi connectivity index (χ2n) is 23.3. The van der Waals surface area contributed by atoms with Crippen LogP contribution >= 0.6 is 0 Å². The molecule has 0 saturated heterocycles. The lowest BCUT2D eigenvalue weighted by Gasteiger charge is -2.23. The van der Waals surface area contributed by atoms with Crippen molar-refractivity contribution < 1.29 is 0 Å². The van der Waals surface area contributed by atoms with Crippen LogP contribution in [-0.4, -0.2) is 15.0 Å². The van der Waals surface area contributed by atoms with Gasteiger partial charge in [0.25, 0.3) is 0 Å². The Hall–Kier alpha value is -5.67. The van der Waals surface area contributed by atoms with Crippen molar-refractivity contribution in [1.29, 1.82) is 0 Å². The molecule has 0 aliphatic carbocycles. The van der Waals surface area contributed by atoms with E-state index < -0.39 is 0 Å². The molecule has 350 valence electrons. The normalized spacial score (nSPS) is 11.8. The number of rotatable bonds is 2. The average Bonchev–Trinajstić information content (AvgIpc) is 3.27. The number of nitrogens with zero attached hydrogens (tertiary/aromatic N) is 3. The number of benzene rings is 4. The maximum atomic E-state index is 4.45. The number of aromatic nitrogens is 3. The van der Waals surface area contributed by atoms with Gasteiger partial charge in [-0.25, -0.2) is 0 Å². The van der Waals surface area contributed by atoms with Gasteiger partial charge in [0, 0.05) is 24.8 Å². The zero-order chi connectivity index (χ0) is 49.4. The lowest BCUT2D eigenvalue weighted by atomic mass is 9.82. The van der Waals surface area contributed by atoms with Crippen LogP contribution in [0, 0.1) is 0 Å². The Kier molecular flexibility index (Phi) is 19.6. The predicted octanol–water partition coefficient (Wildman–Crippen LogP) is 17.7. The molecular weight excluding hydrogens is 799 g/mol. The summed E-state index contributed by atoms with van der Waals surface area (Å²) in [4.78, 5) is 12.8. The molecule has 0 fully saturated rings. The van der Waals surface area contributed by atoms with Gasteiger partial charge in [0.15, 0.2) is 0 Å². The van der Waals surface area contributed by atoms with E-state index in [0.717, 1.165) is 11.4 Å². The summed E-state index contributed by atoms with van der Waals surface area (Å²) in [6.07, 6.45) is 7.44. The molecule has 0 N–H and O–H groups in total. The molecule has 0 amide bonds. The van der Waals surface area contributed by atoms with Gasteiger partial charge in [0.2, 0.25) is 0 Å². The molecule has 0 aliphatic rings. The van der Waals surface area contributed by atoms with E-state index in [9.17, 15) is 0 Å². The highest BCUT2D eigenvalue weighted by atomic mass is 14.8. The summed E-state index contributed by atoms with van der Waals surface area (Å²) in [6, 6.07) is 53.0. The van der Waals surface area contributed by atoms with E-state index >= 15 is 0 Å². The Balaban J connectivity index is 0.000000222. The van der Waals surface area contributed by atoms with Crippen LogP contribution in [0.1, 0.15) is 158 Å². The van der Waals surface area contributed by atoms with Crippen LogP contribution in [0.25, 0.3) is 22.5 Å². The minimum Gasteiger partial charge on any atom is -0.264 e. The smallest absolute Gasteiger partial charge is 0.0886 e. The molecule has 3 heterocycles. The number of hydrogen-bond donors (Lipinski definition) is 0. The number of hydrogen-bond acceptors (Lipinski definition) is 3. The highest BCUT2D eigenvalue weighted by Gasteiger charge is 2.18. The van der Waals surface area contributed by atoms with Crippen LogP contribution in [0.4, 0.5) is 0 Å². The van der Waals surface area contributed by atoms with Crippen LogP contribution < -0.4 is 0 Å². The monoisotopic (exact) mass is 882 g/mol. The molecule has 3 aromatic heterocycles. The van der Waals surface area contributed by atoms with Gasteiger partial charge in [-0.2, -0.15) is 0 Å². The summed E-state index contributed by atoms with van der Waals surface area (Å²) >= 11 is 0. The molecule has 0 radical (unpaired) electrons. The van der Waals surface area contributed by atoms with Crippen molar-refractivity contribution in [2.24, 2.45) is 0 Å². The first kappa shape index (κ1) is 54.7. The van der Waals surface area contributed by atoms with E-state index in [1.54, 1.807) is 12.4 Å². The van der Waals surface area contributed by atoms with E-state index in [1.165, 1.54) is 44.5 Å². The topological polar surface area (TPSA) is 38.7 Å². The summed E-state index contributed by atoms with van der Waals surface area (Å²) in [6.45, 7) is 40.0. The third kappa shape index (κ3) is 19.0. The van der Waals surface area contributed by atoms with Gasteiger partial charge < -0.3 is 0 Å². The zero-order valence-electron chi connectivity index (χ0n) is 44.1. The quantitative estimate of drug-likeness (QED) is 0.174. The van der Waals surface area contributed by atoms with E-state index in [-0.39, 0.29) is 27.1 Å². The second kappa shape index (κ2) is 23.7. The molecule has 7 aromatic rings. The standard InChI is InChI=1S/C16H18.C14H16N2.C14H22.C10H14.C9H13N/c1-16(2,3)15-11-9-14(10-12-15)13-7-5-4-6-8-13;1-14(2,3)11-7-8-13(16-10-11)12-6-4-5-9-15-12;1-13(2,3)11-7-9-12(10-8-11)14(4,5)6;1-10(2,3)9-7-5-4-6-8-9;1-9(2,3)8-5-4-6-10-7-8/h4-12H,1-3H3;4-10H,1-3H3;7-10H,1-6H3;4-8H,1-3H3;4-7H,1-3H3. The van der Waals surface area contributed by atoms with Crippen molar-refractivity contribution in [2.45, 2.75) is 157 Å². The van der Waals surface area contributed by atoms with E-state index in [0.29, 0.717) is 5.41 Å². The lowest BCUT2D eigenvalue weighted by Crippen LogP contribution is -2.14. The van der Waals surface area contributed by atoms with E-state index in [1.807, 2.05) is 48.8 Å². The molecule has 0 aliphatic heterocycles. The minimum atomic E-state index is 0.148. The molecule has 0 bridgehead atoms. The van der Waals surface area contributed by atoms with Crippen LogP contribution in [0.15, 0.2) is 176 Å². The molecule has 3 nitrogen and oxygen atoms in total. The summed E-state index contributed by atoms with van der Waals surface area (Å²) in [7, 11) is 0. The molecule has 66 heavy (non-hydrogen) atoms. The van der Waals surface area contributed by atoms with E-state index in [4.69, 9.17) is 0 Å². The zero-order valence-corrected chi connectivity index (χ0v) is 44.1. The first-order valence-electron chi connectivity index (χ1n) is 23.7. The fraction of sp³-hybridized carbons (Fsp3) is 0.381. The van der Waals surface area contributed by atoms with Crippen LogP contribution in [-0.2, 0) is 32.5 Å². The summed E-state index contributed by atoms with van der Waals surface area (Å²) in [5.74, 6) is 0. The fourth-order valence-corrected chi connectivity index (χ4v) is 6.51. The molecule has 0 atom stereocenters. The molecule has 4 aromatic carbocycles. The van der Waals surface area contributed by atoms with E-state index in [2.05, 4.69) is 255 Å². The first-order chi connectivity index (χ1) is 30.6. The summed E-state index contributed by atoms with van der Waals surface area (Å²) in [5, 5.41) is 0. The second-order valence-corrected chi connectivity index (χ2v) is 23.3. The molecule has 0 unspecified atom stereocenters. The van der Waals surface area contributed by atoms with Crippen molar-refractivity contribution >= 4 is 0 Å². The molecule has 0 spiro atoms. The van der Waals surface area contributed by atoms with Gasteiger partial charge in [0.1, 0.15) is 0 Å². The van der Waals surface area contributed by atoms with Gasteiger partial charge in [-0.3, -0.25) is 15.0 Å². The Morgan fingerprint density at radius 1 is 0.242 bits per heavy atom. The SMILES string of the molecule is CC(C)(C)c1ccc(-c2ccccc2)cc1.CC(C)(C)c1ccc(-c2ccccn2)nc1.CC(C)(C)c1ccc(C(C)(C)C)cc1.CC(C)(C)c1ccccc1.CC(C)(C)c1cccnc1. The van der Waals surface area contributed by atoms with Gasteiger partial charge in [-0.15, -0.1) is 0 Å². The lowest BCUT2D eigenvalue weighted by molar-refractivity contribution is 0.577. The fourth-order valence-electron chi connectivity index (χ4n) is 6.51. The Morgan fingerprint density at radius 3 is 0.909 bits per heavy atom. The van der Waals surface area contributed by atoms with Crippen molar-refractivity contribution in [2.75, 3.05) is 0 Å². The van der Waals surface area contributed by atoms with Crippen LogP contribution in [0.3, 0.4) is 0 Å². The van der Waals surface area contributed by atoms with Gasteiger partial charge in [-0.1, -0.05) is 252 Å². The number of pyridine rings is 3. The maximum Gasteiger partial charge on any atom is 0.0886 e. The molecule has 7 rings (SSSR count). The minimum absolute atomic E-state index is 0.148. The third-order valence-electron chi connectivity index (χ3n) is 11.2. The van der Waals surface area contributed by atoms with Crippen molar-refractivity contribution in [3.05, 3.63) is 210 Å². The summed E-state index contributed by atoms with van der Waals surface area (Å²) < 4.78 is 0. The van der Waals surface area contributed by atoms with Gasteiger partial charge in [-0.05, 0) is 101 Å².